The molecule has 2 atom stereocenters. The molecule has 3 saturated heterocycles. The van der Waals surface area contributed by atoms with Crippen molar-refractivity contribution in [3.05, 3.63) is 0 Å². The lowest BCUT2D eigenvalue weighted by Gasteiger charge is -2.42. The fraction of sp³-hybridized carbons (Fsp3) is 0.842. The van der Waals surface area contributed by atoms with E-state index >= 15 is 0 Å². The minimum Gasteiger partial charge on any atom is -0.339 e. The van der Waals surface area contributed by atoms with E-state index in [9.17, 15) is 14.4 Å². The third kappa shape index (κ3) is 4.44. The van der Waals surface area contributed by atoms with Crippen LogP contribution in [0.1, 0.15) is 38.5 Å². The summed E-state index contributed by atoms with van der Waals surface area (Å²) >= 11 is 1.68. The summed E-state index contributed by atoms with van der Waals surface area (Å²) in [6, 6.07) is -0.203. The van der Waals surface area contributed by atoms with Gasteiger partial charge in [0.2, 0.25) is 17.7 Å². The number of halogens is 1. The Labute approximate surface area is 177 Å². The van der Waals surface area contributed by atoms with E-state index in [-0.39, 0.29) is 48.1 Å². The molecular weight excluding hydrogens is 400 g/mol. The molecule has 4 fully saturated rings. The van der Waals surface area contributed by atoms with Crippen LogP contribution in [-0.2, 0) is 14.4 Å². The van der Waals surface area contributed by atoms with Gasteiger partial charge in [-0.1, -0.05) is 12.8 Å². The number of carbonyl (C=O) groups is 3. The zero-order valence-electron chi connectivity index (χ0n) is 16.3. The van der Waals surface area contributed by atoms with Crippen LogP contribution in [0.25, 0.3) is 0 Å². The normalized spacial score (nSPS) is 29.1. The van der Waals surface area contributed by atoms with E-state index in [1.807, 2.05) is 14.7 Å². The fourth-order valence-corrected chi connectivity index (χ4v) is 6.05. The van der Waals surface area contributed by atoms with Crippen LogP contribution in [0.4, 0.5) is 0 Å². The van der Waals surface area contributed by atoms with Gasteiger partial charge in [-0.25, -0.2) is 0 Å². The predicted molar refractivity (Wildman–Crippen MR) is 111 cm³/mol. The average Bonchev–Trinajstić information content (AvgIpc) is 3.39. The fourth-order valence-electron chi connectivity index (χ4n) is 4.90. The molecule has 0 bridgehead atoms. The van der Waals surface area contributed by atoms with Crippen molar-refractivity contribution in [2.24, 2.45) is 5.92 Å². The van der Waals surface area contributed by atoms with Crippen molar-refractivity contribution < 1.29 is 14.4 Å². The second kappa shape index (κ2) is 9.67. The minimum atomic E-state index is -0.319. The molecule has 158 valence electrons. The first kappa shape index (κ1) is 21.7. The predicted octanol–water partition coefficient (Wildman–Crippen LogP) is 0.923. The van der Waals surface area contributed by atoms with Crippen molar-refractivity contribution in [2.45, 2.75) is 50.6 Å². The first-order chi connectivity index (χ1) is 13.1. The van der Waals surface area contributed by atoms with E-state index in [0.717, 1.165) is 58.2 Å². The first-order valence-electron chi connectivity index (χ1n) is 10.3. The maximum absolute atomic E-state index is 13.2. The molecule has 1 N–H and O–H groups in total. The van der Waals surface area contributed by atoms with Gasteiger partial charge < -0.3 is 20.0 Å². The van der Waals surface area contributed by atoms with E-state index in [1.165, 1.54) is 0 Å². The lowest BCUT2D eigenvalue weighted by molar-refractivity contribution is -0.148. The molecule has 3 aliphatic heterocycles. The summed E-state index contributed by atoms with van der Waals surface area (Å²) in [5.74, 6) is 1.85. The Morgan fingerprint density at radius 2 is 1.82 bits per heavy atom. The van der Waals surface area contributed by atoms with Gasteiger partial charge in [0.15, 0.2) is 0 Å². The number of piperazine rings is 1. The number of piperidine rings is 1. The Morgan fingerprint density at radius 3 is 2.57 bits per heavy atom. The Hall–Kier alpha value is -0.990. The lowest BCUT2D eigenvalue weighted by atomic mass is 10.0. The largest absolute Gasteiger partial charge is 0.339 e. The average molecular weight is 431 g/mol. The molecule has 1 saturated carbocycles. The van der Waals surface area contributed by atoms with Crippen molar-refractivity contribution in [3.63, 3.8) is 0 Å². The van der Waals surface area contributed by atoms with Crippen molar-refractivity contribution in [3.8, 4) is 0 Å². The van der Waals surface area contributed by atoms with Gasteiger partial charge in [0.25, 0.3) is 0 Å². The van der Waals surface area contributed by atoms with Gasteiger partial charge in [-0.2, -0.15) is 0 Å². The maximum atomic E-state index is 13.2. The Kier molecular flexibility index (Phi) is 7.50. The van der Waals surface area contributed by atoms with Crippen LogP contribution < -0.4 is 5.32 Å². The van der Waals surface area contributed by atoms with Gasteiger partial charge in [-0.05, 0) is 25.7 Å². The van der Waals surface area contributed by atoms with Gasteiger partial charge >= 0.3 is 0 Å². The van der Waals surface area contributed by atoms with Gasteiger partial charge in [0.05, 0.1) is 12.4 Å². The molecule has 7 nitrogen and oxygen atoms in total. The number of rotatable bonds is 3. The number of nitrogens with one attached hydrogen (secondary N) is 1. The molecule has 2 unspecified atom stereocenters. The second-order valence-electron chi connectivity index (χ2n) is 8.15. The Bertz CT molecular complexity index is 602. The highest BCUT2D eigenvalue weighted by molar-refractivity contribution is 7.99. The van der Waals surface area contributed by atoms with Crippen LogP contribution in [0.5, 0.6) is 0 Å². The highest BCUT2D eigenvalue weighted by Gasteiger charge is 2.41. The second-order valence-corrected chi connectivity index (χ2v) is 9.15. The highest BCUT2D eigenvalue weighted by atomic mass is 35.5. The number of hydrogen-bond donors (Lipinski definition) is 1. The SMILES string of the molecule is Cl.O=C(C1CSCN1C(=O)C1CCCC1)N1CCCC(N2CCNCC2=O)C1. The monoisotopic (exact) mass is 430 g/mol. The quantitative estimate of drug-likeness (QED) is 0.720. The minimum absolute atomic E-state index is 0. The third-order valence-electron chi connectivity index (χ3n) is 6.43. The van der Waals surface area contributed by atoms with Crippen LogP contribution >= 0.6 is 24.2 Å². The maximum Gasteiger partial charge on any atom is 0.246 e. The number of likely N-dealkylation sites (tertiary alicyclic amines) is 1. The summed E-state index contributed by atoms with van der Waals surface area (Å²) in [6.45, 7) is 3.28. The number of nitrogens with zero attached hydrogens (tertiary/aromatic N) is 3. The zero-order valence-corrected chi connectivity index (χ0v) is 17.9. The lowest BCUT2D eigenvalue weighted by Crippen LogP contribution is -2.59. The van der Waals surface area contributed by atoms with E-state index in [2.05, 4.69) is 5.32 Å². The summed E-state index contributed by atoms with van der Waals surface area (Å²) in [7, 11) is 0. The molecule has 1 aliphatic carbocycles. The Morgan fingerprint density at radius 1 is 1.04 bits per heavy atom. The molecule has 4 rings (SSSR count). The molecule has 0 aromatic carbocycles. The molecule has 4 aliphatic rings. The summed E-state index contributed by atoms with van der Waals surface area (Å²) in [5.41, 5.74) is 0. The molecule has 0 aromatic rings. The summed E-state index contributed by atoms with van der Waals surface area (Å²) < 4.78 is 0. The molecular formula is C19H31ClN4O3S. The number of hydrogen-bond acceptors (Lipinski definition) is 5. The van der Waals surface area contributed by atoms with Crippen LogP contribution in [0.15, 0.2) is 0 Å². The molecule has 9 heteroatoms. The number of carbonyl (C=O) groups excluding carboxylic acids is 3. The molecule has 3 amide bonds. The Balaban J connectivity index is 0.00000225. The molecule has 0 spiro atoms. The van der Waals surface area contributed by atoms with Crippen molar-refractivity contribution in [2.75, 3.05) is 44.4 Å². The molecule has 28 heavy (non-hydrogen) atoms. The number of thioether (sulfide) groups is 1. The zero-order chi connectivity index (χ0) is 18.8. The van der Waals surface area contributed by atoms with E-state index in [1.54, 1.807) is 11.8 Å². The van der Waals surface area contributed by atoms with E-state index in [0.29, 0.717) is 24.7 Å². The van der Waals surface area contributed by atoms with Crippen molar-refractivity contribution in [1.29, 1.82) is 0 Å². The molecule has 0 aromatic heterocycles. The molecule has 0 radical (unpaired) electrons. The third-order valence-corrected chi connectivity index (χ3v) is 7.44. The van der Waals surface area contributed by atoms with E-state index < -0.39 is 0 Å². The first-order valence-corrected chi connectivity index (χ1v) is 11.5. The highest BCUT2D eigenvalue weighted by Crippen LogP contribution is 2.31. The van der Waals surface area contributed by atoms with Gasteiger partial charge in [-0.15, -0.1) is 24.2 Å². The number of amides is 3. The van der Waals surface area contributed by atoms with Crippen LogP contribution in [0, 0.1) is 5.92 Å². The van der Waals surface area contributed by atoms with Crippen molar-refractivity contribution >= 4 is 41.9 Å². The summed E-state index contributed by atoms with van der Waals surface area (Å²) in [4.78, 5) is 44.0. The van der Waals surface area contributed by atoms with Crippen molar-refractivity contribution in [1.82, 2.24) is 20.0 Å². The van der Waals surface area contributed by atoms with Gasteiger partial charge in [-0.3, -0.25) is 14.4 Å². The van der Waals surface area contributed by atoms with Crippen LogP contribution in [-0.4, -0.2) is 88.9 Å². The summed E-state index contributed by atoms with van der Waals surface area (Å²) in [6.07, 6.45) is 6.07. The van der Waals surface area contributed by atoms with Crippen LogP contribution in [0.2, 0.25) is 0 Å². The molecule has 3 heterocycles. The van der Waals surface area contributed by atoms with Gasteiger partial charge in [0, 0.05) is 43.9 Å². The smallest absolute Gasteiger partial charge is 0.246 e. The van der Waals surface area contributed by atoms with E-state index in [4.69, 9.17) is 0 Å². The summed E-state index contributed by atoms with van der Waals surface area (Å²) in [5, 5.41) is 3.11. The topological polar surface area (TPSA) is 73.0 Å². The van der Waals surface area contributed by atoms with Crippen LogP contribution in [0.3, 0.4) is 0 Å². The van der Waals surface area contributed by atoms with Gasteiger partial charge in [0.1, 0.15) is 6.04 Å². The standard InChI is InChI=1S/C19H30N4O3S.ClH/c24-17-10-20-7-9-22(17)15-6-3-8-21(11-15)19(26)16-12-27-13-23(16)18(25)14-4-1-2-5-14;/h14-16,20H,1-13H2;1H.